The highest BCUT2D eigenvalue weighted by Gasteiger charge is 2.42. The summed E-state index contributed by atoms with van der Waals surface area (Å²) in [4.78, 5) is 4.06. The van der Waals surface area contributed by atoms with E-state index in [9.17, 15) is 0 Å². The lowest BCUT2D eigenvalue weighted by molar-refractivity contribution is 0.314. The Balaban J connectivity index is 1.75. The minimum absolute atomic E-state index is 0.207. The van der Waals surface area contributed by atoms with Crippen LogP contribution in [-0.2, 0) is 6.54 Å². The predicted octanol–water partition coefficient (Wildman–Crippen LogP) is 1.09. The second-order valence-electron chi connectivity index (χ2n) is 4.73. The number of nitrogens with zero attached hydrogens (tertiary/aromatic N) is 2. The summed E-state index contributed by atoms with van der Waals surface area (Å²) in [6.07, 6.45) is 6.58. The Labute approximate surface area is 101 Å². The average Bonchev–Trinajstić information content (AvgIpc) is 3.10. The zero-order valence-electron chi connectivity index (χ0n) is 9.76. The first kappa shape index (κ1) is 11.9. The van der Waals surface area contributed by atoms with Crippen LogP contribution in [0.4, 0.5) is 0 Å². The monoisotopic (exact) mass is 234 g/mol. The van der Waals surface area contributed by atoms with Crippen LogP contribution in [-0.4, -0.2) is 22.6 Å². The number of pyridine rings is 1. The summed E-state index contributed by atoms with van der Waals surface area (Å²) in [7, 11) is 0. The minimum Gasteiger partial charge on any atom is -0.409 e. The number of hydrogen-bond acceptors (Lipinski definition) is 4. The topological polar surface area (TPSA) is 83.5 Å². The van der Waals surface area contributed by atoms with Crippen LogP contribution in [0.1, 0.15) is 24.8 Å². The minimum atomic E-state index is 0.207. The van der Waals surface area contributed by atoms with Gasteiger partial charge in [-0.05, 0) is 29.9 Å². The van der Waals surface area contributed by atoms with E-state index in [1.54, 1.807) is 6.20 Å². The molecule has 1 aliphatic rings. The van der Waals surface area contributed by atoms with Crippen LogP contribution in [0.5, 0.6) is 0 Å². The first-order chi connectivity index (χ1) is 8.24. The van der Waals surface area contributed by atoms with Gasteiger partial charge in [0.2, 0.25) is 0 Å². The molecular weight excluding hydrogens is 216 g/mol. The van der Waals surface area contributed by atoms with E-state index in [-0.39, 0.29) is 5.41 Å². The number of amidine groups is 1. The molecule has 1 aliphatic carbocycles. The van der Waals surface area contributed by atoms with Gasteiger partial charge in [0.1, 0.15) is 5.84 Å². The first-order valence-corrected chi connectivity index (χ1v) is 5.80. The van der Waals surface area contributed by atoms with Crippen molar-refractivity contribution in [3.63, 3.8) is 0 Å². The van der Waals surface area contributed by atoms with Crippen molar-refractivity contribution in [1.29, 1.82) is 0 Å². The summed E-state index contributed by atoms with van der Waals surface area (Å²) in [5.74, 6) is 0.325. The normalized spacial score (nSPS) is 18.0. The molecular formula is C12H18N4O. The molecule has 4 N–H and O–H groups in total. The molecule has 1 heterocycles. The Bertz CT molecular complexity index is 387. The molecule has 5 heteroatoms. The van der Waals surface area contributed by atoms with Crippen LogP contribution in [0.2, 0.25) is 0 Å². The quantitative estimate of drug-likeness (QED) is 0.298. The summed E-state index contributed by atoms with van der Waals surface area (Å²) in [6, 6.07) is 3.98. The summed E-state index contributed by atoms with van der Waals surface area (Å²) >= 11 is 0. The summed E-state index contributed by atoms with van der Waals surface area (Å²) in [5.41, 5.74) is 6.92. The van der Waals surface area contributed by atoms with Crippen molar-refractivity contribution in [2.45, 2.75) is 25.8 Å². The number of hydrogen-bond donors (Lipinski definition) is 3. The SMILES string of the molecule is NC(CC1(CNCc2cccnc2)CC1)=NO. The predicted molar refractivity (Wildman–Crippen MR) is 65.6 cm³/mol. The summed E-state index contributed by atoms with van der Waals surface area (Å²) in [6.45, 7) is 1.71. The second kappa shape index (κ2) is 5.14. The Hall–Kier alpha value is -1.62. The van der Waals surface area contributed by atoms with Gasteiger partial charge in [-0.3, -0.25) is 4.98 Å². The molecule has 0 spiro atoms. The maximum Gasteiger partial charge on any atom is 0.139 e. The smallest absolute Gasteiger partial charge is 0.139 e. The highest BCUT2D eigenvalue weighted by atomic mass is 16.4. The summed E-state index contributed by atoms with van der Waals surface area (Å²) in [5, 5.41) is 15.0. The van der Waals surface area contributed by atoms with Gasteiger partial charge in [-0.2, -0.15) is 0 Å². The molecule has 0 saturated heterocycles. The van der Waals surface area contributed by atoms with Gasteiger partial charge >= 0.3 is 0 Å². The molecule has 0 radical (unpaired) electrons. The van der Waals surface area contributed by atoms with Crippen molar-refractivity contribution in [2.24, 2.45) is 16.3 Å². The average molecular weight is 234 g/mol. The molecule has 1 saturated carbocycles. The standard InChI is InChI=1S/C12H18N4O/c13-11(16-17)6-12(3-4-12)9-15-8-10-2-1-5-14-7-10/h1-2,5,7,15,17H,3-4,6,8-9H2,(H2,13,16). The van der Waals surface area contributed by atoms with Gasteiger partial charge in [0.15, 0.2) is 0 Å². The maximum absolute atomic E-state index is 8.56. The largest absolute Gasteiger partial charge is 0.409 e. The Morgan fingerprint density at radius 1 is 1.59 bits per heavy atom. The Morgan fingerprint density at radius 3 is 3.00 bits per heavy atom. The van der Waals surface area contributed by atoms with E-state index in [0.717, 1.165) is 25.9 Å². The molecule has 0 atom stereocenters. The van der Waals surface area contributed by atoms with Gasteiger partial charge in [0.25, 0.3) is 0 Å². The number of oxime groups is 1. The van der Waals surface area contributed by atoms with Crippen molar-refractivity contribution >= 4 is 5.84 Å². The van der Waals surface area contributed by atoms with Crippen molar-refractivity contribution in [3.05, 3.63) is 30.1 Å². The molecule has 5 nitrogen and oxygen atoms in total. The fraction of sp³-hybridized carbons (Fsp3) is 0.500. The third-order valence-corrected chi connectivity index (χ3v) is 3.19. The van der Waals surface area contributed by atoms with Gasteiger partial charge in [-0.15, -0.1) is 0 Å². The van der Waals surface area contributed by atoms with E-state index < -0.39 is 0 Å². The van der Waals surface area contributed by atoms with E-state index >= 15 is 0 Å². The zero-order chi connectivity index (χ0) is 12.1. The number of rotatable bonds is 6. The van der Waals surface area contributed by atoms with Crippen molar-refractivity contribution in [3.8, 4) is 0 Å². The van der Waals surface area contributed by atoms with E-state index in [1.807, 2.05) is 18.3 Å². The van der Waals surface area contributed by atoms with Crippen LogP contribution in [0.3, 0.4) is 0 Å². The van der Waals surface area contributed by atoms with Crippen LogP contribution in [0, 0.1) is 5.41 Å². The third-order valence-electron chi connectivity index (χ3n) is 3.19. The van der Waals surface area contributed by atoms with Crippen LogP contribution >= 0.6 is 0 Å². The van der Waals surface area contributed by atoms with Crippen molar-refractivity contribution in [2.75, 3.05) is 6.54 Å². The van der Waals surface area contributed by atoms with Gasteiger partial charge in [0, 0.05) is 31.9 Å². The summed E-state index contributed by atoms with van der Waals surface area (Å²) < 4.78 is 0. The Kier molecular flexibility index (Phi) is 3.58. The van der Waals surface area contributed by atoms with Gasteiger partial charge in [0.05, 0.1) is 0 Å². The zero-order valence-corrected chi connectivity index (χ0v) is 9.76. The molecule has 92 valence electrons. The first-order valence-electron chi connectivity index (χ1n) is 5.80. The van der Waals surface area contributed by atoms with E-state index in [2.05, 4.69) is 15.5 Å². The highest BCUT2D eigenvalue weighted by Crippen LogP contribution is 2.48. The Morgan fingerprint density at radius 2 is 2.41 bits per heavy atom. The van der Waals surface area contributed by atoms with Gasteiger partial charge in [-0.25, -0.2) is 0 Å². The molecule has 17 heavy (non-hydrogen) atoms. The molecule has 2 rings (SSSR count). The lowest BCUT2D eigenvalue weighted by Gasteiger charge is -2.14. The fourth-order valence-corrected chi connectivity index (χ4v) is 1.99. The lowest BCUT2D eigenvalue weighted by atomic mass is 10.0. The molecule has 0 amide bonds. The molecule has 0 unspecified atom stereocenters. The van der Waals surface area contributed by atoms with E-state index in [4.69, 9.17) is 10.9 Å². The van der Waals surface area contributed by atoms with Crippen LogP contribution < -0.4 is 11.1 Å². The van der Waals surface area contributed by atoms with Crippen LogP contribution in [0.25, 0.3) is 0 Å². The fourth-order valence-electron chi connectivity index (χ4n) is 1.99. The molecule has 0 bridgehead atoms. The van der Waals surface area contributed by atoms with Gasteiger partial charge in [-0.1, -0.05) is 11.2 Å². The number of nitrogens with one attached hydrogen (secondary N) is 1. The molecule has 0 aliphatic heterocycles. The molecule has 1 aromatic heterocycles. The lowest BCUT2D eigenvalue weighted by Crippen LogP contribution is -2.28. The molecule has 1 aromatic rings. The van der Waals surface area contributed by atoms with Gasteiger partial charge < -0.3 is 16.3 Å². The second-order valence-corrected chi connectivity index (χ2v) is 4.73. The molecule has 1 fully saturated rings. The number of aromatic nitrogens is 1. The van der Waals surface area contributed by atoms with Crippen molar-refractivity contribution in [1.82, 2.24) is 10.3 Å². The highest BCUT2D eigenvalue weighted by molar-refractivity contribution is 5.80. The molecule has 0 aromatic carbocycles. The van der Waals surface area contributed by atoms with E-state index in [1.165, 1.54) is 5.56 Å². The van der Waals surface area contributed by atoms with Crippen molar-refractivity contribution < 1.29 is 5.21 Å². The van der Waals surface area contributed by atoms with E-state index in [0.29, 0.717) is 12.3 Å². The maximum atomic E-state index is 8.56. The third kappa shape index (κ3) is 3.42. The number of nitrogens with two attached hydrogens (primary N) is 1. The van der Waals surface area contributed by atoms with Crippen LogP contribution in [0.15, 0.2) is 29.7 Å².